The van der Waals surface area contributed by atoms with E-state index < -0.39 is 8.32 Å². The average Bonchev–Trinajstić information content (AvgIpc) is 2.45. The standard InChI is InChI=1S/C8H16OSi/c1-5-8(6-7-8)9-10(2,3)4/h5H,1,6-7H2,2-4H3. The van der Waals surface area contributed by atoms with Crippen LogP contribution in [0, 0.1) is 0 Å². The van der Waals surface area contributed by atoms with E-state index in [1.54, 1.807) is 0 Å². The average molecular weight is 156 g/mol. The third kappa shape index (κ3) is 1.96. The third-order valence-corrected chi connectivity index (χ3v) is 2.64. The molecule has 0 heterocycles. The summed E-state index contributed by atoms with van der Waals surface area (Å²) in [6, 6.07) is 0. The molecule has 58 valence electrons. The predicted molar refractivity (Wildman–Crippen MR) is 46.6 cm³/mol. The monoisotopic (exact) mass is 156 g/mol. The van der Waals surface area contributed by atoms with Gasteiger partial charge in [0.2, 0.25) is 0 Å². The van der Waals surface area contributed by atoms with Crippen molar-refractivity contribution in [2.45, 2.75) is 38.1 Å². The zero-order valence-corrected chi connectivity index (χ0v) is 8.11. The van der Waals surface area contributed by atoms with Gasteiger partial charge < -0.3 is 4.43 Å². The maximum atomic E-state index is 5.91. The second-order valence-electron chi connectivity index (χ2n) is 3.98. The Morgan fingerprint density at radius 3 is 2.00 bits per heavy atom. The maximum absolute atomic E-state index is 5.91. The van der Waals surface area contributed by atoms with Crippen LogP contribution in [0.2, 0.25) is 19.6 Å². The second-order valence-corrected chi connectivity index (χ2v) is 8.41. The Hall–Kier alpha value is -0.0831. The summed E-state index contributed by atoms with van der Waals surface area (Å²) in [7, 11) is -1.32. The zero-order chi connectivity index (χ0) is 7.83. The SMILES string of the molecule is C=CC1(O[Si](C)(C)C)CC1. The van der Waals surface area contributed by atoms with Crippen LogP contribution in [0.15, 0.2) is 12.7 Å². The normalized spacial score (nSPS) is 22.3. The maximum Gasteiger partial charge on any atom is 0.184 e. The largest absolute Gasteiger partial charge is 0.409 e. The highest BCUT2D eigenvalue weighted by molar-refractivity contribution is 6.69. The van der Waals surface area contributed by atoms with Gasteiger partial charge in [-0.2, -0.15) is 0 Å². The predicted octanol–water partition coefficient (Wildman–Crippen LogP) is 2.56. The molecule has 0 amide bonds. The second kappa shape index (κ2) is 2.21. The molecule has 1 saturated carbocycles. The van der Waals surface area contributed by atoms with Crippen LogP contribution in [-0.4, -0.2) is 13.9 Å². The molecule has 0 saturated heterocycles. The molecule has 2 heteroatoms. The summed E-state index contributed by atoms with van der Waals surface area (Å²) >= 11 is 0. The molecular weight excluding hydrogens is 140 g/mol. The van der Waals surface area contributed by atoms with Gasteiger partial charge in [-0.15, -0.1) is 6.58 Å². The van der Waals surface area contributed by atoms with Gasteiger partial charge in [-0.05, 0) is 32.5 Å². The topological polar surface area (TPSA) is 9.23 Å². The number of hydrogen-bond donors (Lipinski definition) is 0. The lowest BCUT2D eigenvalue weighted by molar-refractivity contribution is 0.222. The van der Waals surface area contributed by atoms with Crippen LogP contribution in [0.4, 0.5) is 0 Å². The van der Waals surface area contributed by atoms with E-state index in [0.29, 0.717) is 0 Å². The Morgan fingerprint density at radius 1 is 1.40 bits per heavy atom. The molecule has 0 atom stereocenters. The summed E-state index contributed by atoms with van der Waals surface area (Å²) in [5.41, 5.74) is 0.102. The van der Waals surface area contributed by atoms with Crippen molar-refractivity contribution in [3.63, 3.8) is 0 Å². The highest BCUT2D eigenvalue weighted by atomic mass is 28.4. The van der Waals surface area contributed by atoms with Crippen LogP contribution >= 0.6 is 0 Å². The zero-order valence-electron chi connectivity index (χ0n) is 7.11. The molecule has 1 fully saturated rings. The molecule has 0 N–H and O–H groups in total. The van der Waals surface area contributed by atoms with Crippen molar-refractivity contribution in [2.75, 3.05) is 0 Å². The van der Waals surface area contributed by atoms with Crippen LogP contribution in [0.5, 0.6) is 0 Å². The number of hydrogen-bond acceptors (Lipinski definition) is 1. The Kier molecular flexibility index (Phi) is 1.77. The molecule has 1 nitrogen and oxygen atoms in total. The van der Waals surface area contributed by atoms with Gasteiger partial charge in [-0.25, -0.2) is 0 Å². The Bertz CT molecular complexity index is 142. The fourth-order valence-corrected chi connectivity index (χ4v) is 2.59. The lowest BCUT2D eigenvalue weighted by atomic mass is 10.3. The first kappa shape index (κ1) is 8.02. The van der Waals surface area contributed by atoms with E-state index in [9.17, 15) is 0 Å². The molecular formula is C8H16OSi. The summed E-state index contributed by atoms with van der Waals surface area (Å²) in [6.07, 6.45) is 4.33. The first-order valence-corrected chi connectivity index (χ1v) is 7.22. The van der Waals surface area contributed by atoms with Gasteiger partial charge >= 0.3 is 0 Å². The van der Waals surface area contributed by atoms with Gasteiger partial charge in [0.05, 0.1) is 5.60 Å². The van der Waals surface area contributed by atoms with E-state index in [1.807, 2.05) is 6.08 Å². The molecule has 0 spiro atoms. The molecule has 0 aromatic rings. The van der Waals surface area contributed by atoms with Crippen LogP contribution in [0.1, 0.15) is 12.8 Å². The van der Waals surface area contributed by atoms with Crippen molar-refractivity contribution in [1.29, 1.82) is 0 Å². The molecule has 10 heavy (non-hydrogen) atoms. The first-order chi connectivity index (χ1) is 4.47. The summed E-state index contributed by atoms with van der Waals surface area (Å²) < 4.78 is 5.91. The molecule has 0 unspecified atom stereocenters. The van der Waals surface area contributed by atoms with Gasteiger partial charge in [0, 0.05) is 0 Å². The smallest absolute Gasteiger partial charge is 0.184 e. The molecule has 0 radical (unpaired) electrons. The molecule has 0 aromatic carbocycles. The highest BCUT2D eigenvalue weighted by Gasteiger charge is 2.43. The van der Waals surface area contributed by atoms with E-state index in [1.165, 1.54) is 12.8 Å². The summed E-state index contributed by atoms with van der Waals surface area (Å²) in [5.74, 6) is 0. The first-order valence-electron chi connectivity index (χ1n) is 3.81. The Labute approximate surface area is 64.2 Å². The third-order valence-electron chi connectivity index (χ3n) is 1.62. The molecule has 1 aliphatic rings. The molecule has 0 aliphatic heterocycles. The van der Waals surface area contributed by atoms with Gasteiger partial charge in [0.25, 0.3) is 0 Å². The summed E-state index contributed by atoms with van der Waals surface area (Å²) in [5, 5.41) is 0. The minimum absolute atomic E-state index is 0.102. The van der Waals surface area contributed by atoms with Crippen LogP contribution in [-0.2, 0) is 4.43 Å². The van der Waals surface area contributed by atoms with Gasteiger partial charge in [-0.1, -0.05) is 6.08 Å². The van der Waals surface area contributed by atoms with E-state index in [2.05, 4.69) is 26.2 Å². The Morgan fingerprint density at radius 2 is 1.90 bits per heavy atom. The van der Waals surface area contributed by atoms with Crippen molar-refractivity contribution in [2.24, 2.45) is 0 Å². The summed E-state index contributed by atoms with van der Waals surface area (Å²) in [4.78, 5) is 0. The van der Waals surface area contributed by atoms with E-state index in [4.69, 9.17) is 4.43 Å². The van der Waals surface area contributed by atoms with Crippen molar-refractivity contribution in [1.82, 2.24) is 0 Å². The summed E-state index contributed by atoms with van der Waals surface area (Å²) in [6.45, 7) is 10.4. The van der Waals surface area contributed by atoms with Crippen molar-refractivity contribution in [3.8, 4) is 0 Å². The van der Waals surface area contributed by atoms with E-state index >= 15 is 0 Å². The van der Waals surface area contributed by atoms with Crippen LogP contribution < -0.4 is 0 Å². The highest BCUT2D eigenvalue weighted by Crippen LogP contribution is 2.42. The van der Waals surface area contributed by atoms with Crippen LogP contribution in [0.25, 0.3) is 0 Å². The minimum Gasteiger partial charge on any atom is -0.409 e. The van der Waals surface area contributed by atoms with Gasteiger partial charge in [0.1, 0.15) is 0 Å². The van der Waals surface area contributed by atoms with Crippen molar-refractivity contribution in [3.05, 3.63) is 12.7 Å². The minimum atomic E-state index is -1.32. The fraction of sp³-hybridized carbons (Fsp3) is 0.750. The Balaban J connectivity index is 2.45. The quantitative estimate of drug-likeness (QED) is 0.451. The fourth-order valence-electron chi connectivity index (χ4n) is 1.08. The van der Waals surface area contributed by atoms with Crippen molar-refractivity contribution >= 4 is 8.32 Å². The number of rotatable bonds is 3. The molecule has 1 aliphatic carbocycles. The van der Waals surface area contributed by atoms with Crippen LogP contribution in [0.3, 0.4) is 0 Å². The lowest BCUT2D eigenvalue weighted by Crippen LogP contribution is -2.31. The van der Waals surface area contributed by atoms with Gasteiger partial charge in [-0.3, -0.25) is 0 Å². The lowest BCUT2D eigenvalue weighted by Gasteiger charge is -2.23. The van der Waals surface area contributed by atoms with E-state index in [0.717, 1.165) is 0 Å². The van der Waals surface area contributed by atoms with E-state index in [-0.39, 0.29) is 5.60 Å². The molecule has 0 aromatic heterocycles. The van der Waals surface area contributed by atoms with Crippen molar-refractivity contribution < 1.29 is 4.43 Å². The van der Waals surface area contributed by atoms with Gasteiger partial charge in [0.15, 0.2) is 8.32 Å². The molecule has 0 bridgehead atoms. The molecule has 1 rings (SSSR count).